The second kappa shape index (κ2) is 7.16. The van der Waals surface area contributed by atoms with Crippen molar-refractivity contribution in [1.82, 2.24) is 0 Å². The van der Waals surface area contributed by atoms with Gasteiger partial charge in [0, 0.05) is 0 Å². The Hall–Kier alpha value is -1.53. The van der Waals surface area contributed by atoms with Crippen LogP contribution in [0.4, 0.5) is 0 Å². The van der Waals surface area contributed by atoms with Crippen LogP contribution in [0.25, 0.3) is 0 Å². The molecule has 2 rings (SSSR count). The molecule has 3 nitrogen and oxygen atoms in total. The van der Waals surface area contributed by atoms with Crippen molar-refractivity contribution in [2.75, 3.05) is 7.11 Å². The quantitative estimate of drug-likeness (QED) is 0.772. The van der Waals surface area contributed by atoms with E-state index in [1.807, 2.05) is 12.1 Å². The van der Waals surface area contributed by atoms with Crippen molar-refractivity contribution in [1.29, 1.82) is 5.26 Å². The van der Waals surface area contributed by atoms with Gasteiger partial charge in [-0.15, -0.1) is 0 Å². The van der Waals surface area contributed by atoms with Gasteiger partial charge in [-0.1, -0.05) is 31.7 Å². The maximum absolute atomic E-state index is 8.94. The molecule has 0 unspecified atom stereocenters. The number of benzene rings is 1. The minimum atomic E-state index is 0.393. The molecule has 0 N–H and O–H groups in total. The van der Waals surface area contributed by atoms with Crippen LogP contribution in [-0.2, 0) is 11.3 Å². The molecule has 0 atom stereocenters. The zero-order chi connectivity index (χ0) is 13.5. The average molecular weight is 259 g/mol. The molecule has 0 radical (unpaired) electrons. The van der Waals surface area contributed by atoms with E-state index in [1.165, 1.54) is 38.5 Å². The Bertz CT molecular complexity index is 443. The summed E-state index contributed by atoms with van der Waals surface area (Å²) in [5.41, 5.74) is 1.64. The van der Waals surface area contributed by atoms with Gasteiger partial charge >= 0.3 is 0 Å². The van der Waals surface area contributed by atoms with E-state index in [2.05, 4.69) is 6.07 Å². The fourth-order valence-electron chi connectivity index (χ4n) is 2.54. The van der Waals surface area contributed by atoms with Crippen molar-refractivity contribution in [3.05, 3.63) is 29.3 Å². The number of ether oxygens (including phenoxy) is 2. The van der Waals surface area contributed by atoms with Crippen molar-refractivity contribution in [2.45, 2.75) is 51.2 Å². The van der Waals surface area contributed by atoms with Crippen molar-refractivity contribution in [2.24, 2.45) is 0 Å². The second-order valence-electron chi connectivity index (χ2n) is 5.07. The summed E-state index contributed by atoms with van der Waals surface area (Å²) in [7, 11) is 1.59. The van der Waals surface area contributed by atoms with Gasteiger partial charge in [-0.05, 0) is 30.5 Å². The van der Waals surface area contributed by atoms with Gasteiger partial charge in [0.25, 0.3) is 0 Å². The Morgan fingerprint density at radius 1 is 1.21 bits per heavy atom. The first-order valence-corrected chi connectivity index (χ1v) is 7.02. The van der Waals surface area contributed by atoms with E-state index in [0.717, 1.165) is 5.56 Å². The van der Waals surface area contributed by atoms with Crippen LogP contribution in [0.3, 0.4) is 0 Å². The van der Waals surface area contributed by atoms with Crippen LogP contribution in [0.15, 0.2) is 18.2 Å². The van der Waals surface area contributed by atoms with E-state index in [0.29, 0.717) is 24.0 Å². The third kappa shape index (κ3) is 3.97. The second-order valence-corrected chi connectivity index (χ2v) is 5.07. The summed E-state index contributed by atoms with van der Waals surface area (Å²) in [6, 6.07) is 7.76. The number of nitrogens with zero attached hydrogens (tertiary/aromatic N) is 1. The van der Waals surface area contributed by atoms with Gasteiger partial charge in [-0.2, -0.15) is 5.26 Å². The molecule has 1 aromatic carbocycles. The van der Waals surface area contributed by atoms with Gasteiger partial charge in [0.05, 0.1) is 25.4 Å². The fraction of sp³-hybridized carbons (Fsp3) is 0.562. The minimum absolute atomic E-state index is 0.393. The van der Waals surface area contributed by atoms with Crippen LogP contribution in [-0.4, -0.2) is 13.2 Å². The van der Waals surface area contributed by atoms with Crippen LogP contribution in [0.2, 0.25) is 0 Å². The predicted molar refractivity (Wildman–Crippen MR) is 74.0 cm³/mol. The third-order valence-electron chi connectivity index (χ3n) is 3.67. The zero-order valence-electron chi connectivity index (χ0n) is 11.5. The van der Waals surface area contributed by atoms with Crippen LogP contribution in [0.5, 0.6) is 5.75 Å². The molecular formula is C16H21NO2. The Morgan fingerprint density at radius 2 is 1.95 bits per heavy atom. The molecule has 1 aliphatic carbocycles. The standard InChI is InChI=1S/C16H21NO2/c1-18-16-10-13(8-9-14(16)11-17)12-19-15-6-4-2-3-5-7-15/h8-10,15H,2-7,12H2,1H3. The third-order valence-corrected chi connectivity index (χ3v) is 3.67. The molecule has 0 saturated heterocycles. The SMILES string of the molecule is COc1cc(COC2CCCCCC2)ccc1C#N. The van der Waals surface area contributed by atoms with Crippen LogP contribution in [0, 0.1) is 11.3 Å². The summed E-state index contributed by atoms with van der Waals surface area (Å²) < 4.78 is 11.2. The summed E-state index contributed by atoms with van der Waals surface area (Å²) in [6.07, 6.45) is 7.97. The number of hydrogen-bond donors (Lipinski definition) is 0. The lowest BCUT2D eigenvalue weighted by Crippen LogP contribution is -2.11. The molecule has 0 spiro atoms. The van der Waals surface area contributed by atoms with Crippen molar-refractivity contribution < 1.29 is 9.47 Å². The van der Waals surface area contributed by atoms with Gasteiger partial charge in [-0.3, -0.25) is 0 Å². The highest BCUT2D eigenvalue weighted by Crippen LogP contribution is 2.23. The maximum atomic E-state index is 8.94. The van der Waals surface area contributed by atoms with Crippen LogP contribution in [0.1, 0.15) is 49.7 Å². The molecule has 0 aliphatic heterocycles. The molecule has 0 bridgehead atoms. The smallest absolute Gasteiger partial charge is 0.136 e. The van der Waals surface area contributed by atoms with Crippen LogP contribution >= 0.6 is 0 Å². The first-order chi connectivity index (χ1) is 9.33. The van der Waals surface area contributed by atoms with Crippen molar-refractivity contribution in [3.8, 4) is 11.8 Å². The van der Waals surface area contributed by atoms with E-state index in [9.17, 15) is 0 Å². The van der Waals surface area contributed by atoms with E-state index < -0.39 is 0 Å². The van der Waals surface area contributed by atoms with E-state index in [-0.39, 0.29) is 0 Å². The molecule has 1 aliphatic rings. The summed E-state index contributed by atoms with van der Waals surface area (Å²) in [5.74, 6) is 0.629. The molecule has 0 heterocycles. The van der Waals surface area contributed by atoms with E-state index >= 15 is 0 Å². The Labute approximate surface area is 115 Å². The summed E-state index contributed by atoms with van der Waals surface area (Å²) in [6.45, 7) is 0.604. The van der Waals surface area contributed by atoms with Gasteiger partial charge in [0.1, 0.15) is 11.8 Å². The maximum Gasteiger partial charge on any atom is 0.136 e. The minimum Gasteiger partial charge on any atom is -0.495 e. The molecule has 1 fully saturated rings. The van der Waals surface area contributed by atoms with Gasteiger partial charge in [0.15, 0.2) is 0 Å². The monoisotopic (exact) mass is 259 g/mol. The number of hydrogen-bond acceptors (Lipinski definition) is 3. The zero-order valence-corrected chi connectivity index (χ0v) is 11.5. The Morgan fingerprint density at radius 3 is 2.58 bits per heavy atom. The largest absolute Gasteiger partial charge is 0.495 e. The van der Waals surface area contributed by atoms with E-state index in [4.69, 9.17) is 14.7 Å². The predicted octanol–water partition coefficient (Wildman–Crippen LogP) is 3.81. The summed E-state index contributed by atoms with van der Waals surface area (Å²) in [5, 5.41) is 8.94. The molecule has 19 heavy (non-hydrogen) atoms. The highest BCUT2D eigenvalue weighted by molar-refractivity contribution is 5.45. The summed E-state index contributed by atoms with van der Waals surface area (Å²) >= 11 is 0. The molecule has 1 aromatic rings. The molecular weight excluding hydrogens is 238 g/mol. The first-order valence-electron chi connectivity index (χ1n) is 7.02. The number of rotatable bonds is 4. The lowest BCUT2D eigenvalue weighted by Gasteiger charge is -2.15. The van der Waals surface area contributed by atoms with E-state index in [1.54, 1.807) is 13.2 Å². The summed E-state index contributed by atoms with van der Waals surface area (Å²) in [4.78, 5) is 0. The van der Waals surface area contributed by atoms with Gasteiger partial charge in [-0.25, -0.2) is 0 Å². The average Bonchev–Trinajstić information content (AvgIpc) is 2.73. The van der Waals surface area contributed by atoms with Gasteiger partial charge in [0.2, 0.25) is 0 Å². The lowest BCUT2D eigenvalue weighted by atomic mass is 10.1. The molecule has 0 aromatic heterocycles. The Balaban J connectivity index is 1.93. The first kappa shape index (κ1) is 13.9. The van der Waals surface area contributed by atoms with Gasteiger partial charge < -0.3 is 9.47 Å². The number of methoxy groups -OCH3 is 1. The lowest BCUT2D eigenvalue weighted by molar-refractivity contribution is 0.0309. The highest BCUT2D eigenvalue weighted by Gasteiger charge is 2.13. The number of nitriles is 1. The van der Waals surface area contributed by atoms with Crippen molar-refractivity contribution in [3.63, 3.8) is 0 Å². The molecule has 0 amide bonds. The molecule has 102 valence electrons. The molecule has 1 saturated carbocycles. The normalized spacial score (nSPS) is 16.6. The van der Waals surface area contributed by atoms with Crippen molar-refractivity contribution >= 4 is 0 Å². The topological polar surface area (TPSA) is 42.2 Å². The fourth-order valence-corrected chi connectivity index (χ4v) is 2.54. The van der Waals surface area contributed by atoms with Crippen LogP contribution < -0.4 is 4.74 Å². The molecule has 3 heteroatoms. The Kier molecular flexibility index (Phi) is 5.23. The highest BCUT2D eigenvalue weighted by atomic mass is 16.5.